The van der Waals surface area contributed by atoms with Gasteiger partial charge < -0.3 is 4.90 Å². The number of rotatable bonds is 0. The van der Waals surface area contributed by atoms with E-state index in [1.54, 1.807) is 0 Å². The standard InChI is InChI=1S/C10H19N/c1-9-4-5-10-3-2-7-11(10)8-6-9/h9-10H,2-8H2,1H3. The molecule has 0 saturated carbocycles. The van der Waals surface area contributed by atoms with Crippen LogP contribution in [0, 0.1) is 5.92 Å². The summed E-state index contributed by atoms with van der Waals surface area (Å²) in [5, 5.41) is 0. The minimum Gasteiger partial charge on any atom is -0.300 e. The second kappa shape index (κ2) is 3.14. The van der Waals surface area contributed by atoms with Crippen molar-refractivity contribution in [2.75, 3.05) is 13.1 Å². The molecule has 11 heavy (non-hydrogen) atoms. The SMILES string of the molecule is CC1CCC2CCCN2CC1. The van der Waals surface area contributed by atoms with Gasteiger partial charge in [-0.1, -0.05) is 6.92 Å². The molecule has 0 radical (unpaired) electrons. The molecular weight excluding hydrogens is 134 g/mol. The zero-order chi connectivity index (χ0) is 7.68. The van der Waals surface area contributed by atoms with E-state index in [9.17, 15) is 0 Å². The van der Waals surface area contributed by atoms with Crippen LogP contribution >= 0.6 is 0 Å². The zero-order valence-corrected chi connectivity index (χ0v) is 7.55. The van der Waals surface area contributed by atoms with Gasteiger partial charge in [0.1, 0.15) is 0 Å². The van der Waals surface area contributed by atoms with Gasteiger partial charge in [-0.3, -0.25) is 0 Å². The molecule has 2 atom stereocenters. The highest BCUT2D eigenvalue weighted by Gasteiger charge is 2.26. The Hall–Kier alpha value is -0.0400. The summed E-state index contributed by atoms with van der Waals surface area (Å²) < 4.78 is 0. The Bertz CT molecular complexity index is 119. The Labute approximate surface area is 69.8 Å². The predicted molar refractivity (Wildman–Crippen MR) is 47.6 cm³/mol. The van der Waals surface area contributed by atoms with Gasteiger partial charge in [0.05, 0.1) is 0 Å². The molecule has 2 unspecified atom stereocenters. The Balaban J connectivity index is 1.95. The van der Waals surface area contributed by atoms with E-state index in [0.29, 0.717) is 0 Å². The summed E-state index contributed by atoms with van der Waals surface area (Å²) in [6.45, 7) is 5.17. The van der Waals surface area contributed by atoms with Crippen LogP contribution in [0.3, 0.4) is 0 Å². The lowest BCUT2D eigenvalue weighted by Crippen LogP contribution is -2.28. The average molecular weight is 153 g/mol. The van der Waals surface area contributed by atoms with Crippen LogP contribution < -0.4 is 0 Å². The molecule has 0 aliphatic carbocycles. The smallest absolute Gasteiger partial charge is 0.00958 e. The van der Waals surface area contributed by atoms with Crippen molar-refractivity contribution in [1.29, 1.82) is 0 Å². The molecule has 2 aliphatic rings. The first-order valence-electron chi connectivity index (χ1n) is 5.10. The fraction of sp³-hybridized carbons (Fsp3) is 1.00. The lowest BCUT2D eigenvalue weighted by Gasteiger charge is -2.20. The van der Waals surface area contributed by atoms with Crippen LogP contribution in [0.1, 0.15) is 39.0 Å². The number of hydrogen-bond acceptors (Lipinski definition) is 1. The van der Waals surface area contributed by atoms with Crippen molar-refractivity contribution in [3.8, 4) is 0 Å². The van der Waals surface area contributed by atoms with Gasteiger partial charge in [0, 0.05) is 6.04 Å². The van der Waals surface area contributed by atoms with Crippen molar-refractivity contribution in [2.24, 2.45) is 5.92 Å². The molecule has 0 N–H and O–H groups in total. The maximum absolute atomic E-state index is 2.71. The van der Waals surface area contributed by atoms with Crippen LogP contribution in [0.15, 0.2) is 0 Å². The van der Waals surface area contributed by atoms with E-state index in [2.05, 4.69) is 11.8 Å². The topological polar surface area (TPSA) is 3.24 Å². The Kier molecular flexibility index (Phi) is 2.17. The molecule has 1 heteroatoms. The van der Waals surface area contributed by atoms with Crippen molar-refractivity contribution in [1.82, 2.24) is 4.90 Å². The van der Waals surface area contributed by atoms with Gasteiger partial charge in [0.25, 0.3) is 0 Å². The van der Waals surface area contributed by atoms with Gasteiger partial charge >= 0.3 is 0 Å². The number of hydrogen-bond donors (Lipinski definition) is 0. The second-order valence-electron chi connectivity index (χ2n) is 4.30. The molecule has 2 fully saturated rings. The molecule has 2 aliphatic heterocycles. The van der Waals surface area contributed by atoms with E-state index < -0.39 is 0 Å². The monoisotopic (exact) mass is 153 g/mol. The minimum atomic E-state index is 0.972. The van der Waals surface area contributed by atoms with E-state index in [0.717, 1.165) is 12.0 Å². The second-order valence-corrected chi connectivity index (χ2v) is 4.30. The molecule has 0 aromatic carbocycles. The highest BCUT2D eigenvalue weighted by molar-refractivity contribution is 4.82. The normalized spacial score (nSPS) is 40.1. The zero-order valence-electron chi connectivity index (χ0n) is 7.55. The van der Waals surface area contributed by atoms with Crippen molar-refractivity contribution in [3.05, 3.63) is 0 Å². The number of fused-ring (bicyclic) bond motifs is 1. The van der Waals surface area contributed by atoms with Crippen molar-refractivity contribution in [2.45, 2.75) is 45.1 Å². The molecule has 64 valence electrons. The summed E-state index contributed by atoms with van der Waals surface area (Å²) in [6.07, 6.45) is 7.32. The summed E-state index contributed by atoms with van der Waals surface area (Å²) in [7, 11) is 0. The van der Waals surface area contributed by atoms with Crippen LogP contribution in [-0.4, -0.2) is 24.0 Å². The number of nitrogens with zero attached hydrogens (tertiary/aromatic N) is 1. The summed E-state index contributed by atoms with van der Waals surface area (Å²) >= 11 is 0. The molecule has 0 spiro atoms. The van der Waals surface area contributed by atoms with E-state index in [-0.39, 0.29) is 0 Å². The van der Waals surface area contributed by atoms with E-state index in [4.69, 9.17) is 0 Å². The van der Waals surface area contributed by atoms with Crippen molar-refractivity contribution < 1.29 is 0 Å². The first-order valence-corrected chi connectivity index (χ1v) is 5.10. The third-order valence-electron chi connectivity index (χ3n) is 3.40. The van der Waals surface area contributed by atoms with Gasteiger partial charge in [0.15, 0.2) is 0 Å². The van der Waals surface area contributed by atoms with Gasteiger partial charge in [0.2, 0.25) is 0 Å². The maximum Gasteiger partial charge on any atom is 0.00958 e. The van der Waals surface area contributed by atoms with E-state index in [1.807, 2.05) is 0 Å². The minimum absolute atomic E-state index is 0.972. The molecular formula is C10H19N. The quantitative estimate of drug-likeness (QED) is 0.516. The first-order chi connectivity index (χ1) is 5.36. The van der Waals surface area contributed by atoms with Gasteiger partial charge in [-0.25, -0.2) is 0 Å². The third kappa shape index (κ3) is 1.58. The van der Waals surface area contributed by atoms with Crippen LogP contribution in [0.25, 0.3) is 0 Å². The molecule has 0 aromatic heterocycles. The van der Waals surface area contributed by atoms with E-state index in [1.165, 1.54) is 45.2 Å². The molecule has 1 nitrogen and oxygen atoms in total. The molecule has 2 rings (SSSR count). The summed E-state index contributed by atoms with van der Waals surface area (Å²) in [6, 6.07) is 0.972. The van der Waals surface area contributed by atoms with Gasteiger partial charge in [-0.2, -0.15) is 0 Å². The Morgan fingerprint density at radius 3 is 2.82 bits per heavy atom. The highest BCUT2D eigenvalue weighted by Crippen LogP contribution is 2.28. The van der Waals surface area contributed by atoms with Crippen LogP contribution in [0.4, 0.5) is 0 Å². The van der Waals surface area contributed by atoms with Crippen molar-refractivity contribution in [3.63, 3.8) is 0 Å². The molecule has 0 amide bonds. The van der Waals surface area contributed by atoms with Gasteiger partial charge in [-0.05, 0) is 51.1 Å². The first kappa shape index (κ1) is 7.60. The Morgan fingerprint density at radius 1 is 1.00 bits per heavy atom. The lowest BCUT2D eigenvalue weighted by atomic mass is 10.0. The lowest BCUT2D eigenvalue weighted by molar-refractivity contribution is 0.259. The fourth-order valence-electron chi connectivity index (χ4n) is 2.52. The summed E-state index contributed by atoms with van der Waals surface area (Å²) in [4.78, 5) is 2.71. The van der Waals surface area contributed by atoms with Crippen molar-refractivity contribution >= 4 is 0 Å². The van der Waals surface area contributed by atoms with E-state index >= 15 is 0 Å². The molecule has 2 saturated heterocycles. The Morgan fingerprint density at radius 2 is 1.91 bits per heavy atom. The van der Waals surface area contributed by atoms with Crippen LogP contribution in [0.2, 0.25) is 0 Å². The molecule has 0 bridgehead atoms. The summed E-state index contributed by atoms with van der Waals surface area (Å²) in [5.74, 6) is 0.987. The predicted octanol–water partition coefficient (Wildman–Crippen LogP) is 2.27. The average Bonchev–Trinajstić information content (AvgIpc) is 2.38. The van der Waals surface area contributed by atoms with Crippen LogP contribution in [-0.2, 0) is 0 Å². The maximum atomic E-state index is 2.71. The highest BCUT2D eigenvalue weighted by atomic mass is 15.2. The fourth-order valence-corrected chi connectivity index (χ4v) is 2.52. The molecule has 2 heterocycles. The molecule has 0 aromatic rings. The van der Waals surface area contributed by atoms with Crippen LogP contribution in [0.5, 0.6) is 0 Å². The largest absolute Gasteiger partial charge is 0.300 e. The summed E-state index contributed by atoms with van der Waals surface area (Å²) in [5.41, 5.74) is 0. The van der Waals surface area contributed by atoms with Gasteiger partial charge in [-0.15, -0.1) is 0 Å². The third-order valence-corrected chi connectivity index (χ3v) is 3.40.